The van der Waals surface area contributed by atoms with Gasteiger partial charge in [-0.25, -0.2) is 0 Å². The summed E-state index contributed by atoms with van der Waals surface area (Å²) in [4.78, 5) is 23.7. The van der Waals surface area contributed by atoms with E-state index in [1.54, 1.807) is 0 Å². The largest absolute Gasteiger partial charge is 0.481 e. The smallest absolute Gasteiger partial charge is 0.322 e. The molecule has 1 heterocycles. The fraction of sp³-hybridized carbons (Fsp3) is 0.212. The van der Waals surface area contributed by atoms with Crippen LogP contribution in [0.3, 0.4) is 0 Å². The Morgan fingerprint density at radius 3 is 2.20 bits per heavy atom. The highest BCUT2D eigenvalue weighted by Gasteiger charge is 2.29. The van der Waals surface area contributed by atoms with Crippen LogP contribution in [0.4, 0.5) is 0 Å². The molecular formula is C33H30O6S. The van der Waals surface area contributed by atoms with Gasteiger partial charge in [0.2, 0.25) is 0 Å². The topological polar surface area (TPSA) is 93.8 Å². The first-order chi connectivity index (χ1) is 19.4. The van der Waals surface area contributed by atoms with Gasteiger partial charge >= 0.3 is 11.9 Å². The summed E-state index contributed by atoms with van der Waals surface area (Å²) in [6, 6.07) is 30.1. The van der Waals surface area contributed by atoms with Crippen LogP contribution in [-0.4, -0.2) is 33.1 Å². The Labute approximate surface area is 235 Å². The third kappa shape index (κ3) is 6.00. The zero-order valence-electron chi connectivity index (χ0n) is 22.2. The lowest BCUT2D eigenvalue weighted by atomic mass is 9.98. The molecule has 0 bridgehead atoms. The molecule has 0 aliphatic carbocycles. The molecule has 5 aromatic rings. The zero-order chi connectivity index (χ0) is 28.1. The molecule has 0 aliphatic rings. The summed E-state index contributed by atoms with van der Waals surface area (Å²) in [6.07, 6.45) is 0.992. The van der Waals surface area contributed by atoms with Crippen molar-refractivity contribution < 1.29 is 28.1 Å². The monoisotopic (exact) mass is 554 g/mol. The minimum absolute atomic E-state index is 0.0710. The third-order valence-electron chi connectivity index (χ3n) is 6.88. The van der Waals surface area contributed by atoms with Gasteiger partial charge in [-0.2, -0.15) is 0 Å². The molecule has 7 heteroatoms. The lowest BCUT2D eigenvalue weighted by Gasteiger charge is -2.14. The average Bonchev–Trinajstić information content (AvgIpc) is 3.35. The minimum atomic E-state index is -1.72. The van der Waals surface area contributed by atoms with Crippen molar-refractivity contribution in [1.82, 2.24) is 0 Å². The van der Waals surface area contributed by atoms with Crippen molar-refractivity contribution >= 4 is 44.7 Å². The molecule has 6 nitrogen and oxygen atoms in total. The molecule has 1 aromatic heterocycles. The number of hydrogen-bond acceptors (Lipinski definition) is 5. The summed E-state index contributed by atoms with van der Waals surface area (Å²) < 4.78 is 24.3. The van der Waals surface area contributed by atoms with Gasteiger partial charge in [-0.1, -0.05) is 98.3 Å². The number of carbonyl (C=O) groups excluding carboxylic acids is 1. The Kier molecular flexibility index (Phi) is 8.41. The predicted octanol–water partition coefficient (Wildman–Crippen LogP) is 7.36. The normalized spacial score (nSPS) is 12.8. The first-order valence-corrected chi connectivity index (χ1v) is 14.7. The third-order valence-corrected chi connectivity index (χ3v) is 8.49. The molecule has 0 radical (unpaired) electrons. The Balaban J connectivity index is 1.30. The van der Waals surface area contributed by atoms with E-state index in [0.717, 1.165) is 56.2 Å². The molecule has 0 saturated carbocycles. The number of esters is 1. The molecule has 40 heavy (non-hydrogen) atoms. The molecule has 204 valence electrons. The van der Waals surface area contributed by atoms with Crippen molar-refractivity contribution in [2.75, 3.05) is 6.61 Å². The van der Waals surface area contributed by atoms with Crippen molar-refractivity contribution in [3.63, 3.8) is 0 Å². The van der Waals surface area contributed by atoms with Crippen LogP contribution in [0, 0.1) is 0 Å². The van der Waals surface area contributed by atoms with E-state index >= 15 is 0 Å². The van der Waals surface area contributed by atoms with Crippen LogP contribution >= 0.6 is 0 Å². The summed E-state index contributed by atoms with van der Waals surface area (Å²) in [5.74, 6) is -1.83. The highest BCUT2D eigenvalue weighted by molar-refractivity contribution is 7.85. The van der Waals surface area contributed by atoms with Gasteiger partial charge in [0.05, 0.1) is 13.0 Å². The summed E-state index contributed by atoms with van der Waals surface area (Å²) in [5.41, 5.74) is 6.58. The van der Waals surface area contributed by atoms with Crippen LogP contribution in [0.1, 0.15) is 31.7 Å². The van der Waals surface area contributed by atoms with Gasteiger partial charge < -0.3 is 14.3 Å². The van der Waals surface area contributed by atoms with Gasteiger partial charge in [0, 0.05) is 32.9 Å². The number of carboxylic acid groups (broad SMARTS) is 1. The fourth-order valence-corrected chi connectivity index (χ4v) is 6.06. The quantitative estimate of drug-likeness (QED) is 0.135. The lowest BCUT2D eigenvalue weighted by molar-refractivity contribution is -0.147. The van der Waals surface area contributed by atoms with Crippen LogP contribution in [0.25, 0.3) is 44.2 Å². The van der Waals surface area contributed by atoms with Crippen molar-refractivity contribution in [2.24, 2.45) is 0 Å². The molecular weight excluding hydrogens is 524 g/mol. The zero-order valence-corrected chi connectivity index (χ0v) is 23.0. The molecule has 4 aromatic carbocycles. The van der Waals surface area contributed by atoms with E-state index in [4.69, 9.17) is 9.15 Å². The molecule has 0 fully saturated rings. The maximum atomic E-state index is 12.9. The van der Waals surface area contributed by atoms with Gasteiger partial charge in [-0.15, -0.1) is 0 Å². The second kappa shape index (κ2) is 12.3. The van der Waals surface area contributed by atoms with Gasteiger partial charge in [-0.05, 0) is 34.7 Å². The number of carboxylic acids is 1. The Bertz CT molecular complexity index is 1670. The molecule has 0 saturated heterocycles. The number of para-hydroxylation sites is 2. The molecule has 2 atom stereocenters. The van der Waals surface area contributed by atoms with Crippen LogP contribution < -0.4 is 0 Å². The molecule has 0 amide bonds. The van der Waals surface area contributed by atoms with Crippen LogP contribution in [-0.2, 0) is 30.9 Å². The second-order valence-corrected chi connectivity index (χ2v) is 11.3. The SMILES string of the molecule is CCCCOC(=O)C(CC(=O)O)S(=O)Cc1ccc(-c2ccc(-c3cccc4c3oc3ccccc34)cc2)cc1. The number of hydrogen-bond donors (Lipinski definition) is 1. The lowest BCUT2D eigenvalue weighted by Crippen LogP contribution is -2.31. The molecule has 2 unspecified atom stereocenters. The predicted molar refractivity (Wildman–Crippen MR) is 158 cm³/mol. The van der Waals surface area contributed by atoms with Crippen molar-refractivity contribution in [2.45, 2.75) is 37.2 Å². The minimum Gasteiger partial charge on any atom is -0.481 e. The number of unbranched alkanes of at least 4 members (excludes halogenated alkanes) is 1. The summed E-state index contributed by atoms with van der Waals surface area (Å²) >= 11 is 0. The summed E-state index contributed by atoms with van der Waals surface area (Å²) in [7, 11) is -1.72. The van der Waals surface area contributed by atoms with Gasteiger partial charge in [0.15, 0.2) is 0 Å². The number of carbonyl (C=O) groups is 2. The first kappa shape index (κ1) is 27.3. The standard InChI is InChI=1S/C33H30O6S/c1-2-3-19-38-33(36)30(20-31(34)35)40(37)21-22-11-13-23(14-12-22)24-15-17-25(18-16-24)26-8-6-9-28-27-7-4-5-10-29(27)39-32(26)28/h4-18,30H,2-3,19-21H2,1H3,(H,34,35). The number of ether oxygens (including phenoxy) is 1. The van der Waals surface area contributed by atoms with Crippen LogP contribution in [0.15, 0.2) is 95.4 Å². The first-order valence-electron chi connectivity index (χ1n) is 13.3. The van der Waals surface area contributed by atoms with Crippen LogP contribution in [0.2, 0.25) is 0 Å². The molecule has 1 N–H and O–H groups in total. The highest BCUT2D eigenvalue weighted by Crippen LogP contribution is 2.36. The summed E-state index contributed by atoms with van der Waals surface area (Å²) in [5, 5.41) is 10.2. The van der Waals surface area contributed by atoms with Crippen molar-refractivity contribution in [3.05, 3.63) is 96.6 Å². The van der Waals surface area contributed by atoms with E-state index < -0.39 is 34.4 Å². The molecule has 0 spiro atoms. The molecule has 0 aliphatic heterocycles. The fourth-order valence-electron chi connectivity index (χ4n) is 4.73. The number of aliphatic carboxylic acids is 1. The van der Waals surface area contributed by atoms with Crippen LogP contribution in [0.5, 0.6) is 0 Å². The Morgan fingerprint density at radius 1 is 0.850 bits per heavy atom. The second-order valence-electron chi connectivity index (χ2n) is 9.69. The van der Waals surface area contributed by atoms with E-state index in [9.17, 15) is 18.9 Å². The van der Waals surface area contributed by atoms with Gasteiger partial charge in [-0.3, -0.25) is 13.8 Å². The van der Waals surface area contributed by atoms with Crippen molar-refractivity contribution in [1.29, 1.82) is 0 Å². The van der Waals surface area contributed by atoms with Crippen molar-refractivity contribution in [3.8, 4) is 22.3 Å². The maximum absolute atomic E-state index is 12.9. The number of benzene rings is 4. The number of furan rings is 1. The van der Waals surface area contributed by atoms with Gasteiger partial charge in [0.1, 0.15) is 16.4 Å². The summed E-state index contributed by atoms with van der Waals surface area (Å²) in [6.45, 7) is 2.16. The average molecular weight is 555 g/mol. The van der Waals surface area contributed by atoms with E-state index in [2.05, 4.69) is 42.5 Å². The maximum Gasteiger partial charge on any atom is 0.322 e. The van der Waals surface area contributed by atoms with E-state index in [1.165, 1.54) is 0 Å². The molecule has 5 rings (SSSR count). The van der Waals surface area contributed by atoms with E-state index in [0.29, 0.717) is 6.42 Å². The van der Waals surface area contributed by atoms with E-state index in [-0.39, 0.29) is 12.4 Å². The highest BCUT2D eigenvalue weighted by atomic mass is 32.2. The Hall–Kier alpha value is -4.23. The number of rotatable bonds is 11. The van der Waals surface area contributed by atoms with Gasteiger partial charge in [0.25, 0.3) is 0 Å². The Morgan fingerprint density at radius 2 is 1.50 bits per heavy atom. The number of fused-ring (bicyclic) bond motifs is 3. The van der Waals surface area contributed by atoms with E-state index in [1.807, 2.05) is 55.5 Å².